The molecule has 0 spiro atoms. The zero-order valence-electron chi connectivity index (χ0n) is 14.6. The van der Waals surface area contributed by atoms with E-state index in [0.29, 0.717) is 23.4 Å². The van der Waals surface area contributed by atoms with E-state index < -0.39 is 5.97 Å². The largest absolute Gasteiger partial charge is 0.455 e. The zero-order chi connectivity index (χ0) is 18.6. The number of rotatable bonds is 5. The van der Waals surface area contributed by atoms with Gasteiger partial charge in [0.15, 0.2) is 5.76 Å². The molecule has 0 bridgehead atoms. The summed E-state index contributed by atoms with van der Waals surface area (Å²) in [7, 11) is 0. The van der Waals surface area contributed by atoms with E-state index in [-0.39, 0.29) is 12.5 Å². The van der Waals surface area contributed by atoms with Crippen molar-refractivity contribution in [2.75, 3.05) is 11.4 Å². The number of hydrogen-bond acceptors (Lipinski definition) is 5. The SMILES string of the molecule is O=C(OCc1cc(-c2ccccc2)on1)c1ccc(N2CCCC2=O)cc1. The summed E-state index contributed by atoms with van der Waals surface area (Å²) in [6, 6.07) is 18.2. The van der Waals surface area contributed by atoms with Crippen molar-refractivity contribution in [3.63, 3.8) is 0 Å². The summed E-state index contributed by atoms with van der Waals surface area (Å²) in [6.45, 7) is 0.750. The molecule has 0 atom stereocenters. The average Bonchev–Trinajstić information content (AvgIpc) is 3.36. The van der Waals surface area contributed by atoms with E-state index in [1.165, 1.54) is 0 Å². The van der Waals surface area contributed by atoms with Crippen LogP contribution in [0.2, 0.25) is 0 Å². The van der Waals surface area contributed by atoms with E-state index in [2.05, 4.69) is 5.16 Å². The number of benzene rings is 2. The Hall–Kier alpha value is -3.41. The van der Waals surface area contributed by atoms with Crippen LogP contribution in [-0.2, 0) is 16.1 Å². The van der Waals surface area contributed by atoms with Gasteiger partial charge in [0.1, 0.15) is 12.3 Å². The van der Waals surface area contributed by atoms with E-state index in [9.17, 15) is 9.59 Å². The fraction of sp³-hybridized carbons (Fsp3) is 0.190. The van der Waals surface area contributed by atoms with E-state index in [0.717, 1.165) is 24.2 Å². The molecule has 1 aliphatic rings. The predicted octanol–water partition coefficient (Wildman–Crippen LogP) is 3.83. The molecule has 27 heavy (non-hydrogen) atoms. The summed E-state index contributed by atoms with van der Waals surface area (Å²) < 4.78 is 10.6. The van der Waals surface area contributed by atoms with Gasteiger partial charge in [0.25, 0.3) is 0 Å². The van der Waals surface area contributed by atoms with Crippen LogP contribution in [-0.4, -0.2) is 23.6 Å². The van der Waals surface area contributed by atoms with Gasteiger partial charge >= 0.3 is 5.97 Å². The van der Waals surface area contributed by atoms with Gasteiger partial charge in [-0.3, -0.25) is 4.79 Å². The quantitative estimate of drug-likeness (QED) is 0.645. The highest BCUT2D eigenvalue weighted by Gasteiger charge is 2.21. The molecule has 1 saturated heterocycles. The van der Waals surface area contributed by atoms with Crippen LogP contribution in [0, 0.1) is 0 Å². The summed E-state index contributed by atoms with van der Waals surface area (Å²) in [5, 5.41) is 3.94. The number of nitrogens with zero attached hydrogens (tertiary/aromatic N) is 2. The van der Waals surface area contributed by atoms with Crippen LogP contribution in [0.4, 0.5) is 5.69 Å². The molecule has 0 N–H and O–H groups in total. The molecular weight excluding hydrogens is 344 g/mol. The molecule has 6 nitrogen and oxygen atoms in total. The van der Waals surface area contributed by atoms with Gasteiger partial charge in [0.05, 0.1) is 5.56 Å². The first-order chi connectivity index (χ1) is 13.2. The smallest absolute Gasteiger partial charge is 0.338 e. The summed E-state index contributed by atoms with van der Waals surface area (Å²) in [4.78, 5) is 25.7. The van der Waals surface area contributed by atoms with Crippen LogP contribution in [0.1, 0.15) is 28.9 Å². The second-order valence-electron chi connectivity index (χ2n) is 6.32. The topological polar surface area (TPSA) is 72.6 Å². The van der Waals surface area contributed by atoms with Crippen LogP contribution < -0.4 is 4.90 Å². The lowest BCUT2D eigenvalue weighted by atomic mass is 10.2. The Morgan fingerprint density at radius 1 is 1.11 bits per heavy atom. The molecule has 2 heterocycles. The van der Waals surface area contributed by atoms with Gasteiger partial charge in [-0.05, 0) is 30.7 Å². The Balaban J connectivity index is 1.37. The standard InChI is InChI=1S/C21H18N2O4/c24-20-7-4-12-23(20)18-10-8-16(9-11-18)21(25)26-14-17-13-19(27-22-17)15-5-2-1-3-6-15/h1-3,5-6,8-11,13H,4,7,12,14H2. The van der Waals surface area contributed by atoms with Crippen LogP contribution in [0.25, 0.3) is 11.3 Å². The Kier molecular flexibility index (Phi) is 4.70. The van der Waals surface area contributed by atoms with Crippen molar-refractivity contribution in [3.05, 3.63) is 71.9 Å². The monoisotopic (exact) mass is 362 g/mol. The van der Waals surface area contributed by atoms with E-state index in [1.807, 2.05) is 30.3 Å². The van der Waals surface area contributed by atoms with Crippen LogP contribution in [0.15, 0.2) is 65.2 Å². The van der Waals surface area contributed by atoms with Crippen molar-refractivity contribution in [2.24, 2.45) is 0 Å². The number of esters is 1. The summed E-state index contributed by atoms with van der Waals surface area (Å²) >= 11 is 0. The minimum atomic E-state index is -0.446. The number of aromatic nitrogens is 1. The molecule has 136 valence electrons. The molecule has 4 rings (SSSR count). The summed E-state index contributed by atoms with van der Waals surface area (Å²) in [5.74, 6) is 0.297. The van der Waals surface area contributed by atoms with Gasteiger partial charge in [-0.1, -0.05) is 35.5 Å². The van der Waals surface area contributed by atoms with E-state index in [4.69, 9.17) is 9.26 Å². The lowest BCUT2D eigenvalue weighted by Gasteiger charge is -2.15. The van der Waals surface area contributed by atoms with Crippen LogP contribution >= 0.6 is 0 Å². The number of carbonyl (C=O) groups excluding carboxylic acids is 2. The zero-order valence-corrected chi connectivity index (χ0v) is 14.6. The molecule has 1 aromatic heterocycles. The first-order valence-electron chi connectivity index (χ1n) is 8.79. The predicted molar refractivity (Wildman–Crippen MR) is 99.1 cm³/mol. The highest BCUT2D eigenvalue weighted by molar-refractivity contribution is 5.96. The Morgan fingerprint density at radius 2 is 1.89 bits per heavy atom. The van der Waals surface area contributed by atoms with Crippen molar-refractivity contribution in [2.45, 2.75) is 19.4 Å². The molecule has 6 heteroatoms. The molecule has 1 amide bonds. The molecule has 0 radical (unpaired) electrons. The van der Waals surface area contributed by atoms with E-state index >= 15 is 0 Å². The van der Waals surface area contributed by atoms with Crippen molar-refractivity contribution in [3.8, 4) is 11.3 Å². The third kappa shape index (κ3) is 3.74. The molecular formula is C21H18N2O4. The Bertz CT molecular complexity index is 948. The third-order valence-corrected chi connectivity index (χ3v) is 4.46. The molecule has 1 aliphatic heterocycles. The number of carbonyl (C=O) groups is 2. The minimum absolute atomic E-state index is 0.0293. The fourth-order valence-corrected chi connectivity index (χ4v) is 3.04. The second-order valence-corrected chi connectivity index (χ2v) is 6.32. The second kappa shape index (κ2) is 7.45. The maximum absolute atomic E-state index is 12.2. The van der Waals surface area contributed by atoms with E-state index in [1.54, 1.807) is 35.2 Å². The van der Waals surface area contributed by atoms with Crippen molar-refractivity contribution in [1.82, 2.24) is 5.16 Å². The van der Waals surface area contributed by atoms with Crippen LogP contribution in [0.5, 0.6) is 0 Å². The molecule has 1 fully saturated rings. The number of ether oxygens (including phenoxy) is 1. The first kappa shape index (κ1) is 17.0. The maximum atomic E-state index is 12.2. The molecule has 0 unspecified atom stereocenters. The lowest BCUT2D eigenvalue weighted by Crippen LogP contribution is -2.23. The lowest BCUT2D eigenvalue weighted by molar-refractivity contribution is -0.117. The first-order valence-corrected chi connectivity index (χ1v) is 8.79. The molecule has 0 saturated carbocycles. The van der Waals surface area contributed by atoms with Gasteiger partial charge in [0, 0.05) is 30.3 Å². The van der Waals surface area contributed by atoms with Gasteiger partial charge < -0.3 is 14.2 Å². The number of anilines is 1. The Labute approximate surface area is 156 Å². The van der Waals surface area contributed by atoms with Crippen LogP contribution in [0.3, 0.4) is 0 Å². The van der Waals surface area contributed by atoms with Crippen molar-refractivity contribution >= 4 is 17.6 Å². The summed E-state index contributed by atoms with van der Waals surface area (Å²) in [6.07, 6.45) is 1.44. The van der Waals surface area contributed by atoms with Crippen molar-refractivity contribution < 1.29 is 18.8 Å². The maximum Gasteiger partial charge on any atom is 0.338 e. The normalized spacial score (nSPS) is 13.8. The fourth-order valence-electron chi connectivity index (χ4n) is 3.04. The highest BCUT2D eigenvalue weighted by Crippen LogP contribution is 2.23. The van der Waals surface area contributed by atoms with Gasteiger partial charge in [-0.15, -0.1) is 0 Å². The highest BCUT2D eigenvalue weighted by atomic mass is 16.5. The van der Waals surface area contributed by atoms with Crippen molar-refractivity contribution in [1.29, 1.82) is 0 Å². The average molecular weight is 362 g/mol. The number of amides is 1. The molecule has 2 aromatic carbocycles. The summed E-state index contributed by atoms with van der Waals surface area (Å²) in [5.41, 5.74) is 2.69. The van der Waals surface area contributed by atoms with Gasteiger partial charge in [-0.2, -0.15) is 0 Å². The molecule has 3 aromatic rings. The van der Waals surface area contributed by atoms with Gasteiger partial charge in [-0.25, -0.2) is 4.79 Å². The molecule has 0 aliphatic carbocycles. The number of hydrogen-bond donors (Lipinski definition) is 0. The minimum Gasteiger partial charge on any atom is -0.455 e. The van der Waals surface area contributed by atoms with Gasteiger partial charge in [0.2, 0.25) is 5.91 Å². The third-order valence-electron chi connectivity index (χ3n) is 4.46. The Morgan fingerprint density at radius 3 is 2.59 bits per heavy atom.